The molecule has 1 N–H and O–H groups in total. The number of aromatic nitrogens is 1. The maximum absolute atomic E-state index is 8.97. The van der Waals surface area contributed by atoms with Crippen molar-refractivity contribution in [3.8, 4) is 0 Å². The molecule has 0 saturated carbocycles. The molecule has 2 rings (SSSR count). The highest BCUT2D eigenvalue weighted by atomic mass is 16.3. The predicted octanol–water partition coefficient (Wildman–Crippen LogP) is 2.66. The number of aryl methyl sites for hydroxylation is 1. The highest BCUT2D eigenvalue weighted by Crippen LogP contribution is 2.16. The molecular weight excluding hydrogens is 186 g/mol. The molecule has 0 amide bonds. The highest BCUT2D eigenvalue weighted by Gasteiger charge is 2.02. The Morgan fingerprint density at radius 3 is 2.87 bits per heavy atom. The van der Waals surface area contributed by atoms with Crippen molar-refractivity contribution in [2.45, 2.75) is 19.9 Å². The normalized spacial score (nSPS) is 13.2. The van der Waals surface area contributed by atoms with E-state index in [0.717, 1.165) is 13.0 Å². The van der Waals surface area contributed by atoms with E-state index in [4.69, 9.17) is 5.11 Å². The highest BCUT2D eigenvalue weighted by molar-refractivity contribution is 5.79. The van der Waals surface area contributed by atoms with Crippen molar-refractivity contribution in [2.24, 2.45) is 5.92 Å². The molecule has 0 unspecified atom stereocenters. The van der Waals surface area contributed by atoms with Crippen molar-refractivity contribution in [1.82, 2.24) is 4.57 Å². The molecule has 2 heteroatoms. The molecule has 0 bridgehead atoms. The first kappa shape index (κ1) is 10.2. The van der Waals surface area contributed by atoms with Gasteiger partial charge in [0.2, 0.25) is 0 Å². The Labute approximate surface area is 90.2 Å². The Kier molecular flexibility index (Phi) is 3.07. The lowest BCUT2D eigenvalue weighted by Crippen LogP contribution is -2.05. The molecule has 1 aromatic carbocycles. The topological polar surface area (TPSA) is 25.2 Å². The zero-order valence-electron chi connectivity index (χ0n) is 9.06. The van der Waals surface area contributed by atoms with Crippen LogP contribution in [0.5, 0.6) is 0 Å². The second-order valence-corrected chi connectivity index (χ2v) is 4.14. The van der Waals surface area contributed by atoms with Crippen molar-refractivity contribution >= 4 is 10.9 Å². The summed E-state index contributed by atoms with van der Waals surface area (Å²) < 4.78 is 2.25. The third kappa shape index (κ3) is 2.21. The Hall–Kier alpha value is -1.28. The maximum atomic E-state index is 8.97. The second-order valence-electron chi connectivity index (χ2n) is 4.14. The van der Waals surface area contributed by atoms with Gasteiger partial charge in [0.25, 0.3) is 0 Å². The monoisotopic (exact) mass is 203 g/mol. The fourth-order valence-electron chi connectivity index (χ4n) is 1.79. The van der Waals surface area contributed by atoms with Crippen molar-refractivity contribution in [3.05, 3.63) is 36.5 Å². The van der Waals surface area contributed by atoms with Gasteiger partial charge in [-0.15, -0.1) is 0 Å². The van der Waals surface area contributed by atoms with Crippen LogP contribution in [0.2, 0.25) is 0 Å². The molecule has 15 heavy (non-hydrogen) atoms. The van der Waals surface area contributed by atoms with Crippen LogP contribution in [-0.4, -0.2) is 16.3 Å². The van der Waals surface area contributed by atoms with Crippen molar-refractivity contribution in [3.63, 3.8) is 0 Å². The largest absolute Gasteiger partial charge is 0.396 e. The molecule has 0 radical (unpaired) electrons. The Balaban J connectivity index is 2.14. The van der Waals surface area contributed by atoms with Crippen LogP contribution in [-0.2, 0) is 6.54 Å². The standard InChI is InChI=1S/C13H17NO/c1-11(10-15)6-8-14-9-7-12-4-2-3-5-13(12)14/h2-5,7,9,11,15H,6,8,10H2,1H3/t11-/m1/s1. The number of para-hydroxylation sites is 1. The number of fused-ring (bicyclic) bond motifs is 1. The van der Waals surface area contributed by atoms with Crippen LogP contribution in [0.1, 0.15) is 13.3 Å². The molecule has 0 aliphatic carbocycles. The number of aliphatic hydroxyl groups is 1. The number of hydrogen-bond acceptors (Lipinski definition) is 1. The van der Waals surface area contributed by atoms with Crippen LogP contribution in [0, 0.1) is 5.92 Å². The van der Waals surface area contributed by atoms with Gasteiger partial charge in [-0.05, 0) is 29.9 Å². The molecule has 0 saturated heterocycles. The summed E-state index contributed by atoms with van der Waals surface area (Å²) in [5, 5.41) is 10.3. The summed E-state index contributed by atoms with van der Waals surface area (Å²) in [7, 11) is 0. The SMILES string of the molecule is C[C@@H](CO)CCn1ccc2ccccc21. The number of rotatable bonds is 4. The minimum Gasteiger partial charge on any atom is -0.396 e. The third-order valence-corrected chi connectivity index (χ3v) is 2.85. The first-order valence-electron chi connectivity index (χ1n) is 5.46. The van der Waals surface area contributed by atoms with Crippen LogP contribution in [0.3, 0.4) is 0 Å². The van der Waals surface area contributed by atoms with E-state index in [1.54, 1.807) is 0 Å². The average Bonchev–Trinajstić information content (AvgIpc) is 2.69. The van der Waals surface area contributed by atoms with Gasteiger partial charge in [-0.3, -0.25) is 0 Å². The number of nitrogens with zero attached hydrogens (tertiary/aromatic N) is 1. The van der Waals surface area contributed by atoms with Gasteiger partial charge < -0.3 is 9.67 Å². The number of aliphatic hydroxyl groups excluding tert-OH is 1. The molecule has 0 spiro atoms. The summed E-state index contributed by atoms with van der Waals surface area (Å²) in [6.07, 6.45) is 3.14. The summed E-state index contributed by atoms with van der Waals surface area (Å²) >= 11 is 0. The Morgan fingerprint density at radius 2 is 2.07 bits per heavy atom. The van der Waals surface area contributed by atoms with Crippen LogP contribution < -0.4 is 0 Å². The molecule has 0 aliphatic rings. The molecule has 1 aromatic heterocycles. The van der Waals surface area contributed by atoms with Gasteiger partial charge in [0.1, 0.15) is 0 Å². The lowest BCUT2D eigenvalue weighted by atomic mass is 10.1. The van der Waals surface area contributed by atoms with Gasteiger partial charge >= 0.3 is 0 Å². The van der Waals surface area contributed by atoms with E-state index in [1.807, 2.05) is 0 Å². The fourth-order valence-corrected chi connectivity index (χ4v) is 1.79. The molecule has 0 fully saturated rings. The van der Waals surface area contributed by atoms with Gasteiger partial charge in [0, 0.05) is 24.9 Å². The van der Waals surface area contributed by atoms with E-state index >= 15 is 0 Å². The van der Waals surface area contributed by atoms with Gasteiger partial charge in [-0.25, -0.2) is 0 Å². The molecule has 1 heterocycles. The first-order valence-corrected chi connectivity index (χ1v) is 5.46. The van der Waals surface area contributed by atoms with Crippen LogP contribution in [0.4, 0.5) is 0 Å². The third-order valence-electron chi connectivity index (χ3n) is 2.85. The van der Waals surface area contributed by atoms with Crippen LogP contribution in [0.15, 0.2) is 36.5 Å². The Morgan fingerprint density at radius 1 is 1.27 bits per heavy atom. The molecular formula is C13H17NO. The van der Waals surface area contributed by atoms with Gasteiger partial charge in [-0.1, -0.05) is 25.1 Å². The molecule has 2 aromatic rings. The van der Waals surface area contributed by atoms with Crippen LogP contribution >= 0.6 is 0 Å². The lowest BCUT2D eigenvalue weighted by molar-refractivity contribution is 0.226. The molecule has 80 valence electrons. The average molecular weight is 203 g/mol. The van der Waals surface area contributed by atoms with E-state index in [-0.39, 0.29) is 6.61 Å². The first-order chi connectivity index (χ1) is 7.31. The predicted molar refractivity (Wildman–Crippen MR) is 62.8 cm³/mol. The number of benzene rings is 1. The quantitative estimate of drug-likeness (QED) is 0.812. The minimum absolute atomic E-state index is 0.277. The van der Waals surface area contributed by atoms with Crippen molar-refractivity contribution in [1.29, 1.82) is 0 Å². The van der Waals surface area contributed by atoms with E-state index < -0.39 is 0 Å². The summed E-state index contributed by atoms with van der Waals surface area (Å²) in [4.78, 5) is 0. The van der Waals surface area contributed by atoms with E-state index in [9.17, 15) is 0 Å². The second kappa shape index (κ2) is 4.49. The number of hydrogen-bond donors (Lipinski definition) is 1. The Bertz CT molecular complexity index is 433. The van der Waals surface area contributed by atoms with E-state index in [2.05, 4.69) is 48.0 Å². The van der Waals surface area contributed by atoms with E-state index in [0.29, 0.717) is 5.92 Å². The summed E-state index contributed by atoms with van der Waals surface area (Å²) in [5.74, 6) is 0.381. The zero-order valence-corrected chi connectivity index (χ0v) is 9.06. The van der Waals surface area contributed by atoms with E-state index in [1.165, 1.54) is 10.9 Å². The lowest BCUT2D eigenvalue weighted by Gasteiger charge is -2.09. The van der Waals surface area contributed by atoms with Crippen LogP contribution in [0.25, 0.3) is 10.9 Å². The van der Waals surface area contributed by atoms with Gasteiger partial charge in [0.15, 0.2) is 0 Å². The van der Waals surface area contributed by atoms with Gasteiger partial charge in [0.05, 0.1) is 0 Å². The maximum Gasteiger partial charge on any atom is 0.0480 e. The molecule has 0 aliphatic heterocycles. The fraction of sp³-hybridized carbons (Fsp3) is 0.385. The van der Waals surface area contributed by atoms with Crippen molar-refractivity contribution in [2.75, 3.05) is 6.61 Å². The summed E-state index contributed by atoms with van der Waals surface area (Å²) in [5.41, 5.74) is 1.28. The molecule has 1 atom stereocenters. The smallest absolute Gasteiger partial charge is 0.0480 e. The zero-order chi connectivity index (χ0) is 10.7. The van der Waals surface area contributed by atoms with Gasteiger partial charge in [-0.2, -0.15) is 0 Å². The molecule has 2 nitrogen and oxygen atoms in total. The van der Waals surface area contributed by atoms with Crippen molar-refractivity contribution < 1.29 is 5.11 Å². The summed E-state index contributed by atoms with van der Waals surface area (Å²) in [6, 6.07) is 10.5. The minimum atomic E-state index is 0.277. The summed E-state index contributed by atoms with van der Waals surface area (Å²) in [6.45, 7) is 3.33.